The van der Waals surface area contributed by atoms with Crippen molar-refractivity contribution >= 4 is 28.9 Å². The molecule has 0 saturated carbocycles. The van der Waals surface area contributed by atoms with Crippen LogP contribution in [0.3, 0.4) is 0 Å². The Morgan fingerprint density at radius 3 is 2.63 bits per heavy atom. The summed E-state index contributed by atoms with van der Waals surface area (Å²) >= 11 is 5.36. The first-order chi connectivity index (χ1) is 9.24. The van der Waals surface area contributed by atoms with Crippen LogP contribution < -0.4 is 5.32 Å². The number of rotatable bonds is 3. The van der Waals surface area contributed by atoms with Gasteiger partial charge in [-0.05, 0) is 43.4 Å². The molecule has 0 unspecified atom stereocenters. The monoisotopic (exact) mass is 269 g/mol. The molecule has 1 heterocycles. The number of H-pyrrole nitrogens is 1. The lowest BCUT2D eigenvalue weighted by Gasteiger charge is -2.08. The average Bonchev–Trinajstić information content (AvgIpc) is 2.74. The molecule has 0 aliphatic carbocycles. The Balaban J connectivity index is 1.87. The maximum atomic E-state index is 5.36. The Morgan fingerprint density at radius 1 is 1.11 bits per heavy atom. The highest BCUT2D eigenvalue weighted by molar-refractivity contribution is 7.71. The third-order valence-corrected chi connectivity index (χ3v) is 3.50. The molecule has 3 rings (SSSR count). The van der Waals surface area contributed by atoms with Crippen LogP contribution >= 0.6 is 12.2 Å². The number of imidazole rings is 1. The van der Waals surface area contributed by atoms with Crippen LogP contribution in [0.25, 0.3) is 11.0 Å². The van der Waals surface area contributed by atoms with Crippen molar-refractivity contribution in [2.24, 2.45) is 0 Å². The Bertz CT molecular complexity index is 753. The minimum absolute atomic E-state index is 0.659. The second-order valence-corrected chi connectivity index (χ2v) is 4.96. The van der Waals surface area contributed by atoms with Crippen LogP contribution in [0.15, 0.2) is 48.5 Å². The van der Waals surface area contributed by atoms with Gasteiger partial charge < -0.3 is 10.3 Å². The molecule has 0 aliphatic rings. The molecule has 2 aromatic carbocycles. The number of nitrogens with zero attached hydrogens (tertiary/aromatic N) is 1. The highest BCUT2D eigenvalue weighted by Crippen LogP contribution is 2.14. The fourth-order valence-electron chi connectivity index (χ4n) is 2.11. The van der Waals surface area contributed by atoms with E-state index in [0.717, 1.165) is 21.5 Å². The van der Waals surface area contributed by atoms with Crippen LogP contribution in [0.2, 0.25) is 0 Å². The number of anilines is 1. The van der Waals surface area contributed by atoms with E-state index in [1.807, 2.05) is 18.2 Å². The van der Waals surface area contributed by atoms with E-state index in [4.69, 9.17) is 12.2 Å². The first-order valence-electron chi connectivity index (χ1n) is 6.22. The van der Waals surface area contributed by atoms with Gasteiger partial charge in [0.25, 0.3) is 0 Å². The molecule has 0 bridgehead atoms. The van der Waals surface area contributed by atoms with Crippen LogP contribution in [0.1, 0.15) is 5.56 Å². The van der Waals surface area contributed by atoms with Gasteiger partial charge in [0, 0.05) is 5.69 Å². The van der Waals surface area contributed by atoms with Crippen LogP contribution in [0.5, 0.6) is 0 Å². The van der Waals surface area contributed by atoms with E-state index in [2.05, 4.69) is 52.1 Å². The molecule has 96 valence electrons. The molecular weight excluding hydrogens is 254 g/mol. The minimum Gasteiger partial charge on any atom is -0.367 e. The summed E-state index contributed by atoms with van der Waals surface area (Å²) in [5, 5.41) is 3.38. The molecule has 2 N–H and O–H groups in total. The molecule has 0 amide bonds. The minimum atomic E-state index is 0.659. The van der Waals surface area contributed by atoms with Crippen molar-refractivity contribution in [1.29, 1.82) is 0 Å². The van der Waals surface area contributed by atoms with Crippen molar-refractivity contribution in [3.63, 3.8) is 0 Å². The van der Waals surface area contributed by atoms with Gasteiger partial charge in [-0.2, -0.15) is 0 Å². The molecule has 0 radical (unpaired) electrons. The normalized spacial score (nSPS) is 10.8. The maximum absolute atomic E-state index is 5.36. The fraction of sp³-hybridized carbons (Fsp3) is 0.133. The lowest BCUT2D eigenvalue weighted by molar-refractivity contribution is 0.787. The van der Waals surface area contributed by atoms with Gasteiger partial charge in [-0.1, -0.05) is 29.8 Å². The Morgan fingerprint density at radius 2 is 1.84 bits per heavy atom. The summed E-state index contributed by atoms with van der Waals surface area (Å²) in [4.78, 5) is 3.21. The number of para-hydroxylation sites is 2. The van der Waals surface area contributed by atoms with Crippen molar-refractivity contribution in [1.82, 2.24) is 9.55 Å². The number of aryl methyl sites for hydroxylation is 1. The molecule has 0 fully saturated rings. The van der Waals surface area contributed by atoms with Crippen molar-refractivity contribution < 1.29 is 0 Å². The predicted octanol–water partition coefficient (Wildman–Crippen LogP) is 4.08. The quantitative estimate of drug-likeness (QED) is 0.702. The molecule has 4 heteroatoms. The number of aromatic amines is 1. The summed E-state index contributed by atoms with van der Waals surface area (Å²) in [6.45, 7) is 2.74. The number of hydrogen-bond acceptors (Lipinski definition) is 2. The second-order valence-electron chi connectivity index (χ2n) is 4.58. The summed E-state index contributed by atoms with van der Waals surface area (Å²) < 4.78 is 2.80. The summed E-state index contributed by atoms with van der Waals surface area (Å²) in [5.41, 5.74) is 4.54. The van der Waals surface area contributed by atoms with E-state index < -0.39 is 0 Å². The predicted molar refractivity (Wildman–Crippen MR) is 81.9 cm³/mol. The van der Waals surface area contributed by atoms with Gasteiger partial charge in [0.2, 0.25) is 0 Å². The van der Waals surface area contributed by atoms with E-state index >= 15 is 0 Å². The molecule has 1 aromatic heterocycles. The topological polar surface area (TPSA) is 32.8 Å². The van der Waals surface area contributed by atoms with E-state index in [9.17, 15) is 0 Å². The van der Waals surface area contributed by atoms with Gasteiger partial charge in [-0.3, -0.25) is 4.57 Å². The SMILES string of the molecule is Cc1ccc(NCn2c(=S)[nH]c3ccccc32)cc1. The molecule has 0 saturated heterocycles. The fourth-order valence-corrected chi connectivity index (χ4v) is 2.38. The second kappa shape index (κ2) is 4.90. The van der Waals surface area contributed by atoms with Crippen LogP contribution in [0, 0.1) is 11.7 Å². The van der Waals surface area contributed by atoms with Gasteiger partial charge in [0.1, 0.15) is 0 Å². The zero-order valence-electron chi connectivity index (χ0n) is 10.7. The van der Waals surface area contributed by atoms with Crippen LogP contribution in [-0.2, 0) is 6.67 Å². The molecule has 0 aliphatic heterocycles. The zero-order valence-corrected chi connectivity index (χ0v) is 11.5. The maximum Gasteiger partial charge on any atom is 0.179 e. The lowest BCUT2D eigenvalue weighted by atomic mass is 10.2. The van der Waals surface area contributed by atoms with E-state index in [1.165, 1.54) is 5.56 Å². The molecule has 0 atom stereocenters. The summed E-state index contributed by atoms with van der Waals surface area (Å²) in [6, 6.07) is 16.5. The Labute approximate surface area is 116 Å². The highest BCUT2D eigenvalue weighted by Gasteiger charge is 2.02. The first kappa shape index (κ1) is 12.0. The van der Waals surface area contributed by atoms with Crippen LogP contribution in [-0.4, -0.2) is 9.55 Å². The number of benzene rings is 2. The third kappa shape index (κ3) is 2.39. The highest BCUT2D eigenvalue weighted by atomic mass is 32.1. The Kier molecular flexibility index (Phi) is 3.09. The standard InChI is InChI=1S/C15H15N3S/c1-11-6-8-12(9-7-11)16-10-18-14-5-3-2-4-13(14)17-15(18)19/h2-9,16H,10H2,1H3,(H,17,19). The van der Waals surface area contributed by atoms with Gasteiger partial charge >= 0.3 is 0 Å². The summed E-state index contributed by atoms with van der Waals surface area (Å²) in [7, 11) is 0. The summed E-state index contributed by atoms with van der Waals surface area (Å²) in [5.74, 6) is 0. The zero-order chi connectivity index (χ0) is 13.2. The molecular formula is C15H15N3S. The molecule has 19 heavy (non-hydrogen) atoms. The van der Waals surface area contributed by atoms with Gasteiger partial charge in [0.05, 0.1) is 17.7 Å². The summed E-state index contributed by atoms with van der Waals surface area (Å²) in [6.07, 6.45) is 0. The number of fused-ring (bicyclic) bond motifs is 1. The molecule has 3 nitrogen and oxygen atoms in total. The van der Waals surface area contributed by atoms with Crippen molar-refractivity contribution in [2.75, 3.05) is 5.32 Å². The van der Waals surface area contributed by atoms with Crippen LogP contribution in [0.4, 0.5) is 5.69 Å². The van der Waals surface area contributed by atoms with Gasteiger partial charge in [0.15, 0.2) is 4.77 Å². The third-order valence-electron chi connectivity index (χ3n) is 3.17. The van der Waals surface area contributed by atoms with Crippen molar-refractivity contribution in [3.05, 3.63) is 58.9 Å². The smallest absolute Gasteiger partial charge is 0.179 e. The van der Waals surface area contributed by atoms with Crippen molar-refractivity contribution in [2.45, 2.75) is 13.6 Å². The number of hydrogen-bond donors (Lipinski definition) is 2. The number of nitrogens with one attached hydrogen (secondary N) is 2. The largest absolute Gasteiger partial charge is 0.367 e. The lowest BCUT2D eigenvalue weighted by Crippen LogP contribution is -2.07. The first-order valence-corrected chi connectivity index (χ1v) is 6.63. The average molecular weight is 269 g/mol. The molecule has 0 spiro atoms. The van der Waals surface area contributed by atoms with Crippen molar-refractivity contribution in [3.8, 4) is 0 Å². The van der Waals surface area contributed by atoms with E-state index in [1.54, 1.807) is 0 Å². The van der Waals surface area contributed by atoms with Gasteiger partial charge in [-0.25, -0.2) is 0 Å². The Hall–Kier alpha value is -2.07. The van der Waals surface area contributed by atoms with E-state index in [-0.39, 0.29) is 0 Å². The van der Waals surface area contributed by atoms with E-state index in [0.29, 0.717) is 6.67 Å². The van der Waals surface area contributed by atoms with Gasteiger partial charge in [-0.15, -0.1) is 0 Å². The number of aromatic nitrogens is 2. The molecule has 3 aromatic rings.